The van der Waals surface area contributed by atoms with E-state index in [1.165, 1.54) is 0 Å². The van der Waals surface area contributed by atoms with Crippen molar-refractivity contribution in [2.75, 3.05) is 19.6 Å². The van der Waals surface area contributed by atoms with Gasteiger partial charge in [-0.2, -0.15) is 0 Å². The number of quaternary nitrogens is 1. The average molecular weight is 276 g/mol. The van der Waals surface area contributed by atoms with Crippen molar-refractivity contribution in [1.82, 2.24) is 10.3 Å². The quantitative estimate of drug-likeness (QED) is 0.556. The van der Waals surface area contributed by atoms with E-state index in [0.717, 1.165) is 13.1 Å². The van der Waals surface area contributed by atoms with Crippen molar-refractivity contribution in [2.45, 2.75) is 6.92 Å². The lowest BCUT2D eigenvalue weighted by Crippen LogP contribution is -2.85. The number of carbonyl (C=O) groups is 1. The van der Waals surface area contributed by atoms with Crippen LogP contribution in [0, 0.1) is 0 Å². The van der Waals surface area contributed by atoms with Crippen molar-refractivity contribution >= 4 is 16.8 Å². The van der Waals surface area contributed by atoms with Gasteiger partial charge in [0.15, 0.2) is 0 Å². The normalized spacial score (nSPS) is 10.7. The van der Waals surface area contributed by atoms with Crippen LogP contribution in [0.25, 0.3) is 10.9 Å². The Bertz CT molecular complexity index is 679. The van der Waals surface area contributed by atoms with Crippen LogP contribution in [0.1, 0.15) is 17.3 Å². The number of benzene rings is 1. The van der Waals surface area contributed by atoms with E-state index in [2.05, 4.69) is 10.3 Å². The van der Waals surface area contributed by atoms with Crippen LogP contribution in [-0.4, -0.2) is 35.6 Å². The van der Waals surface area contributed by atoms with E-state index >= 15 is 0 Å². The second-order valence-electron chi connectivity index (χ2n) is 4.46. The van der Waals surface area contributed by atoms with Crippen LogP contribution in [0.15, 0.2) is 29.1 Å². The molecule has 1 aromatic heterocycles. The lowest BCUT2D eigenvalue weighted by Gasteiger charge is -2.07. The maximum atomic E-state index is 12.0. The Morgan fingerprint density at radius 3 is 2.90 bits per heavy atom. The molecule has 5 N–H and O–H groups in total. The molecule has 1 heterocycles. The summed E-state index contributed by atoms with van der Waals surface area (Å²) in [5.41, 5.74) is -0.316. The van der Waals surface area contributed by atoms with Gasteiger partial charge in [0.05, 0.1) is 25.2 Å². The van der Waals surface area contributed by atoms with Crippen LogP contribution in [0.4, 0.5) is 0 Å². The van der Waals surface area contributed by atoms with Crippen LogP contribution < -0.4 is 16.2 Å². The van der Waals surface area contributed by atoms with E-state index in [-0.39, 0.29) is 11.3 Å². The first-order chi connectivity index (χ1) is 9.65. The molecule has 0 atom stereocenters. The van der Waals surface area contributed by atoms with Crippen LogP contribution in [0.3, 0.4) is 0 Å². The minimum Gasteiger partial charge on any atom is -0.506 e. The van der Waals surface area contributed by atoms with Crippen LogP contribution >= 0.6 is 0 Å². The molecule has 0 aliphatic heterocycles. The smallest absolute Gasteiger partial charge is 0.265 e. The molecule has 0 saturated carbocycles. The summed E-state index contributed by atoms with van der Waals surface area (Å²) >= 11 is 0. The molecule has 1 amide bonds. The first-order valence-electron chi connectivity index (χ1n) is 6.59. The predicted octanol–water partition coefficient (Wildman–Crippen LogP) is -0.453. The van der Waals surface area contributed by atoms with Gasteiger partial charge in [-0.15, -0.1) is 0 Å². The van der Waals surface area contributed by atoms with Crippen molar-refractivity contribution in [3.63, 3.8) is 0 Å². The SMILES string of the molecule is CC[NH2+]CCNC(=O)c1c(O)c2ccccc2[nH]c1=O. The van der Waals surface area contributed by atoms with E-state index in [0.29, 0.717) is 17.4 Å². The number of pyridine rings is 1. The highest BCUT2D eigenvalue weighted by Gasteiger charge is 2.18. The molecule has 0 unspecified atom stereocenters. The third-order valence-corrected chi connectivity index (χ3v) is 3.04. The van der Waals surface area contributed by atoms with Gasteiger partial charge >= 0.3 is 0 Å². The molecule has 106 valence electrons. The van der Waals surface area contributed by atoms with Gasteiger partial charge in [0.25, 0.3) is 11.5 Å². The number of nitrogens with two attached hydrogens (primary N) is 1. The molecular formula is C14H18N3O3+. The summed E-state index contributed by atoms with van der Waals surface area (Å²) in [5.74, 6) is -0.833. The number of para-hydroxylation sites is 1. The molecule has 0 fully saturated rings. The van der Waals surface area contributed by atoms with Gasteiger partial charge in [-0.25, -0.2) is 0 Å². The maximum Gasteiger partial charge on any atom is 0.265 e. The number of carbonyl (C=O) groups excluding carboxylic acids is 1. The monoisotopic (exact) mass is 276 g/mol. The first kappa shape index (κ1) is 14.1. The van der Waals surface area contributed by atoms with Crippen molar-refractivity contribution in [1.29, 1.82) is 0 Å². The summed E-state index contributed by atoms with van der Waals surface area (Å²) in [6.45, 7) is 4.12. The summed E-state index contributed by atoms with van der Waals surface area (Å²) in [7, 11) is 0. The fourth-order valence-corrected chi connectivity index (χ4v) is 2.02. The molecule has 2 aromatic rings. The Morgan fingerprint density at radius 1 is 1.40 bits per heavy atom. The van der Waals surface area contributed by atoms with E-state index in [4.69, 9.17) is 0 Å². The van der Waals surface area contributed by atoms with Crippen LogP contribution in [0.5, 0.6) is 5.75 Å². The topological polar surface area (TPSA) is 98.8 Å². The van der Waals surface area contributed by atoms with Crippen molar-refractivity contribution in [3.05, 3.63) is 40.2 Å². The second kappa shape index (κ2) is 6.21. The molecular weight excluding hydrogens is 258 g/mol. The summed E-state index contributed by atoms with van der Waals surface area (Å²) in [6.07, 6.45) is 0. The molecule has 1 aromatic carbocycles. The van der Waals surface area contributed by atoms with E-state index in [9.17, 15) is 14.7 Å². The van der Waals surface area contributed by atoms with Gasteiger partial charge < -0.3 is 20.7 Å². The van der Waals surface area contributed by atoms with Crippen molar-refractivity contribution < 1.29 is 15.2 Å². The fraction of sp³-hybridized carbons (Fsp3) is 0.286. The average Bonchev–Trinajstić information content (AvgIpc) is 2.43. The molecule has 0 bridgehead atoms. The van der Waals surface area contributed by atoms with Gasteiger partial charge in [0, 0.05) is 5.39 Å². The second-order valence-corrected chi connectivity index (χ2v) is 4.46. The molecule has 0 saturated heterocycles. The maximum absolute atomic E-state index is 12.0. The Labute approximate surface area is 115 Å². The molecule has 0 spiro atoms. The van der Waals surface area contributed by atoms with Gasteiger partial charge in [0.2, 0.25) is 0 Å². The van der Waals surface area contributed by atoms with Crippen molar-refractivity contribution in [2.24, 2.45) is 0 Å². The zero-order valence-electron chi connectivity index (χ0n) is 11.3. The molecule has 20 heavy (non-hydrogen) atoms. The highest BCUT2D eigenvalue weighted by atomic mass is 16.3. The number of aromatic amines is 1. The Morgan fingerprint density at radius 2 is 2.15 bits per heavy atom. The Kier molecular flexibility index (Phi) is 4.37. The van der Waals surface area contributed by atoms with Gasteiger partial charge in [-0.1, -0.05) is 12.1 Å². The number of H-pyrrole nitrogens is 1. The van der Waals surface area contributed by atoms with Gasteiger partial charge in [0.1, 0.15) is 11.3 Å². The Balaban J connectivity index is 2.29. The largest absolute Gasteiger partial charge is 0.506 e. The number of amides is 1. The number of aromatic nitrogens is 1. The highest BCUT2D eigenvalue weighted by molar-refractivity contribution is 6.01. The van der Waals surface area contributed by atoms with E-state index < -0.39 is 11.5 Å². The predicted molar refractivity (Wildman–Crippen MR) is 75.9 cm³/mol. The minimum atomic E-state index is -0.585. The third kappa shape index (κ3) is 2.80. The minimum absolute atomic E-state index is 0.236. The fourth-order valence-electron chi connectivity index (χ4n) is 2.02. The molecule has 2 rings (SSSR count). The summed E-state index contributed by atoms with van der Waals surface area (Å²) in [6, 6.07) is 6.81. The molecule has 6 heteroatoms. The number of rotatable bonds is 5. The van der Waals surface area contributed by atoms with Gasteiger partial charge in [-0.05, 0) is 19.1 Å². The summed E-state index contributed by atoms with van der Waals surface area (Å²) in [5, 5.41) is 15.2. The Hall–Kier alpha value is -2.34. The summed E-state index contributed by atoms with van der Waals surface area (Å²) < 4.78 is 0. The van der Waals surface area contributed by atoms with Gasteiger partial charge in [-0.3, -0.25) is 9.59 Å². The number of nitrogens with one attached hydrogen (secondary N) is 2. The van der Waals surface area contributed by atoms with E-state index in [1.807, 2.05) is 12.2 Å². The van der Waals surface area contributed by atoms with Crippen molar-refractivity contribution in [3.8, 4) is 5.75 Å². The number of fused-ring (bicyclic) bond motifs is 1. The lowest BCUT2D eigenvalue weighted by atomic mass is 10.1. The highest BCUT2D eigenvalue weighted by Crippen LogP contribution is 2.24. The van der Waals surface area contributed by atoms with Crippen LogP contribution in [0.2, 0.25) is 0 Å². The number of aromatic hydroxyl groups is 1. The molecule has 6 nitrogen and oxygen atoms in total. The van der Waals surface area contributed by atoms with Crippen LogP contribution in [-0.2, 0) is 0 Å². The number of hydrogen-bond acceptors (Lipinski definition) is 3. The van der Waals surface area contributed by atoms with E-state index in [1.54, 1.807) is 24.3 Å². The zero-order chi connectivity index (χ0) is 14.5. The lowest BCUT2D eigenvalue weighted by molar-refractivity contribution is -0.649. The number of likely N-dealkylation sites (N-methyl/N-ethyl adjacent to an activating group) is 1. The molecule has 0 aliphatic carbocycles. The standard InChI is InChI=1S/C14H17N3O3/c1-2-15-7-8-16-13(19)11-12(18)9-5-3-4-6-10(9)17-14(11)20/h3-6,15H,2,7-8H2,1H3,(H,16,19)(H2,17,18,20)/p+1. The number of hydrogen-bond donors (Lipinski definition) is 4. The zero-order valence-corrected chi connectivity index (χ0v) is 11.3. The molecule has 0 aliphatic rings. The molecule has 0 radical (unpaired) electrons. The third-order valence-electron chi connectivity index (χ3n) is 3.04. The summed E-state index contributed by atoms with van der Waals surface area (Å²) in [4.78, 5) is 26.5. The first-order valence-corrected chi connectivity index (χ1v) is 6.59.